The van der Waals surface area contributed by atoms with Gasteiger partial charge < -0.3 is 42.6 Å². The number of halogens is 6. The third-order valence-electron chi connectivity index (χ3n) is 7.61. The smallest absolute Gasteiger partial charge is 0.428 e. The number of benzene rings is 4. The van der Waals surface area contributed by atoms with Crippen LogP contribution in [0.3, 0.4) is 0 Å². The van der Waals surface area contributed by atoms with E-state index in [1.165, 1.54) is 98.7 Å². The van der Waals surface area contributed by atoms with Gasteiger partial charge in [-0.1, -0.05) is 47.8 Å². The molecule has 4 aromatic rings. The van der Waals surface area contributed by atoms with E-state index in [1.807, 2.05) is 0 Å². The summed E-state index contributed by atoms with van der Waals surface area (Å²) in [6.45, 7) is 13.8. The highest BCUT2D eigenvalue weighted by Gasteiger charge is 2.31. The lowest BCUT2D eigenvalue weighted by molar-refractivity contribution is -0.00375. The third kappa shape index (κ3) is 16.8. The van der Waals surface area contributed by atoms with Crippen LogP contribution in [-0.4, -0.2) is 71.1 Å². The van der Waals surface area contributed by atoms with Gasteiger partial charge in [-0.05, 0) is 165 Å². The molecule has 69 heavy (non-hydrogen) atoms. The largest absolute Gasteiger partial charge is 0.516 e. The van der Waals surface area contributed by atoms with E-state index < -0.39 is 122 Å². The number of rotatable bonds is 9. The Kier molecular flexibility index (Phi) is 18.7. The molecule has 0 unspecified atom stereocenters. The van der Waals surface area contributed by atoms with Gasteiger partial charge in [-0.3, -0.25) is 0 Å². The van der Waals surface area contributed by atoms with Crippen molar-refractivity contribution in [1.29, 1.82) is 0 Å². The Bertz CT molecular complexity index is 2490. The summed E-state index contributed by atoms with van der Waals surface area (Å²) in [7, 11) is 0. The minimum absolute atomic E-state index is 0.0201. The van der Waals surface area contributed by atoms with Crippen molar-refractivity contribution in [3.63, 3.8) is 0 Å². The van der Waals surface area contributed by atoms with Gasteiger partial charge in [0.25, 0.3) is 0 Å². The van der Waals surface area contributed by atoms with Gasteiger partial charge in [-0.2, -0.15) is 0 Å². The molecule has 0 N–H and O–H groups in total. The Morgan fingerprint density at radius 2 is 0.551 bits per heavy atom. The number of hydrogen-bond acceptors (Lipinski definition) is 18. The van der Waals surface area contributed by atoms with Crippen LogP contribution in [0.2, 0.25) is 0 Å². The molecule has 0 aliphatic rings. The number of ether oxygens (including phenoxy) is 9. The van der Waals surface area contributed by atoms with Crippen molar-refractivity contribution in [2.24, 2.45) is 0 Å². The molecule has 0 amide bonds. The second-order valence-electron chi connectivity index (χ2n) is 16.8. The van der Waals surface area contributed by atoms with Gasteiger partial charge >= 0.3 is 54.3 Å². The molecule has 0 heterocycles. The summed E-state index contributed by atoms with van der Waals surface area (Å²) in [5.74, 6) is -9.38. The van der Waals surface area contributed by atoms with E-state index in [0.717, 1.165) is 18.2 Å². The average molecular weight is 1340 g/mol. The van der Waals surface area contributed by atoms with Crippen molar-refractivity contribution in [1.82, 2.24) is 0 Å². The molecule has 0 aliphatic heterocycles. The highest BCUT2D eigenvalue weighted by molar-refractivity contribution is 9.11. The summed E-state index contributed by atoms with van der Waals surface area (Å²) in [5, 5.41) is 0. The maximum absolute atomic E-state index is 14.1. The normalized spacial score (nSPS) is 11.3. The first-order valence-corrected chi connectivity index (χ1v) is 24.1. The fraction of sp³-hybridized carbons (Fsp3) is 0.267. The van der Waals surface area contributed by atoms with E-state index in [1.54, 1.807) is 0 Å². The summed E-state index contributed by atoms with van der Waals surface area (Å²) in [6, 6.07) is 10.4. The van der Waals surface area contributed by atoms with Crippen LogP contribution in [-0.2, 0) is 28.4 Å². The molecule has 0 saturated carbocycles. The van der Waals surface area contributed by atoms with Crippen molar-refractivity contribution >= 4 is 150 Å². The van der Waals surface area contributed by atoms with Gasteiger partial charge in [0, 0.05) is 13.4 Å². The van der Waals surface area contributed by atoms with Crippen LogP contribution in [0.4, 0.5) is 14.4 Å². The Hall–Kier alpha value is -5.01. The first kappa shape index (κ1) is 56.6. The summed E-state index contributed by atoms with van der Waals surface area (Å²) < 4.78 is 47.4. The van der Waals surface area contributed by atoms with Crippen molar-refractivity contribution in [2.45, 2.75) is 79.1 Å². The van der Waals surface area contributed by atoms with Gasteiger partial charge in [-0.15, -0.1) is 0 Å². The van der Waals surface area contributed by atoms with Gasteiger partial charge in [0.05, 0.1) is 30.1 Å². The molecular formula is C45H36Br6O18. The van der Waals surface area contributed by atoms with Crippen LogP contribution in [0, 0.1) is 0 Å². The zero-order chi connectivity index (χ0) is 52.1. The zero-order valence-electron chi connectivity index (χ0n) is 37.3. The molecule has 0 radical (unpaired) electrons. The molecule has 0 bridgehead atoms. The minimum Gasteiger partial charge on any atom is -0.428 e. The average Bonchev–Trinajstić information content (AvgIpc) is 3.17. The van der Waals surface area contributed by atoms with Crippen molar-refractivity contribution in [3.05, 3.63) is 115 Å². The van der Waals surface area contributed by atoms with Gasteiger partial charge in [0.2, 0.25) is 0 Å². The topological polar surface area (TPSA) is 237 Å². The van der Waals surface area contributed by atoms with Crippen molar-refractivity contribution in [2.75, 3.05) is 0 Å². The number of carbonyl (C=O) groups is 9. The molecule has 0 fully saturated rings. The molecule has 0 atom stereocenters. The molecular weight excluding hydrogens is 1310 g/mol. The zero-order valence-corrected chi connectivity index (χ0v) is 46.8. The minimum atomic E-state index is -1.37. The molecule has 0 spiro atoms. The van der Waals surface area contributed by atoms with Crippen molar-refractivity contribution in [3.8, 4) is 17.2 Å². The Labute approximate surface area is 443 Å². The summed E-state index contributed by atoms with van der Waals surface area (Å²) in [6.07, 6.45) is -4.10. The lowest BCUT2D eigenvalue weighted by Gasteiger charge is -2.19. The highest BCUT2D eigenvalue weighted by atomic mass is 79.9. The van der Waals surface area contributed by atoms with Gasteiger partial charge in [-0.25, -0.2) is 43.2 Å². The van der Waals surface area contributed by atoms with Crippen LogP contribution in [0.5, 0.6) is 17.2 Å². The van der Waals surface area contributed by atoms with E-state index in [-0.39, 0.29) is 26.8 Å². The van der Waals surface area contributed by atoms with E-state index in [0.29, 0.717) is 0 Å². The summed E-state index contributed by atoms with van der Waals surface area (Å²) in [4.78, 5) is 120. The highest BCUT2D eigenvalue weighted by Crippen LogP contribution is 2.38. The molecule has 366 valence electrons. The Morgan fingerprint density at radius 3 is 0.754 bits per heavy atom. The summed E-state index contributed by atoms with van der Waals surface area (Å²) in [5.41, 5.74) is -6.28. The maximum Gasteiger partial charge on any atom is 0.516 e. The fourth-order valence-corrected chi connectivity index (χ4v) is 9.01. The Morgan fingerprint density at radius 1 is 0.333 bits per heavy atom. The van der Waals surface area contributed by atoms with E-state index in [9.17, 15) is 43.2 Å². The van der Waals surface area contributed by atoms with Crippen LogP contribution in [0.1, 0.15) is 124 Å². The quantitative estimate of drug-likeness (QED) is 0.0655. The second kappa shape index (κ2) is 22.8. The third-order valence-corrected chi connectivity index (χ3v) is 10.7. The van der Waals surface area contributed by atoms with Gasteiger partial charge in [0.15, 0.2) is 17.2 Å². The van der Waals surface area contributed by atoms with Crippen LogP contribution in [0.25, 0.3) is 0 Å². The molecule has 18 nitrogen and oxygen atoms in total. The molecule has 4 aromatic carbocycles. The maximum atomic E-state index is 14.1. The Balaban J connectivity index is 1.84. The first-order chi connectivity index (χ1) is 31.7. The predicted molar refractivity (Wildman–Crippen MR) is 262 cm³/mol. The lowest BCUT2D eigenvalue weighted by Crippen LogP contribution is -2.26. The molecule has 0 saturated heterocycles. The second-order valence-corrected chi connectivity index (χ2v) is 22.1. The standard InChI is InChI=1S/C45H36Br6O18/c1-43(2,3)67-40(58)64-37(55)25-13-22(46)16-28(49)31(25)61-34(52)19-10-20(35(53)62-32-26(14-23(47)17-29(32)50)38(56)65-41(59)68-44(4,5)6)12-21(11-19)36(54)63-33-27(15-24(48)18-30(33)51)39(57)66-42(60)69-45(7,8)9/h10-18H,1-9H3. The fourth-order valence-electron chi connectivity index (χ4n) is 5.09. The predicted octanol–water partition coefficient (Wildman–Crippen LogP) is 13.2. The first-order valence-electron chi connectivity index (χ1n) is 19.3. The van der Waals surface area contributed by atoms with Crippen LogP contribution in [0.15, 0.2) is 81.4 Å². The SMILES string of the molecule is CC(C)(C)OC(=O)OC(=O)c1cc(Br)cc(Br)c1OC(=O)c1cc(C(=O)Oc2c(Br)cc(Br)cc2C(=O)OC(=O)OC(C)(C)C)cc(C(=O)Oc2c(Br)cc(Br)cc2C(=O)OC(=O)OC(C)(C)C)c1. The van der Waals surface area contributed by atoms with E-state index >= 15 is 0 Å². The molecule has 0 aromatic heterocycles. The molecule has 0 aliphatic carbocycles. The number of carbonyl (C=O) groups excluding carboxylic acids is 9. The van der Waals surface area contributed by atoms with Crippen LogP contribution >= 0.6 is 95.6 Å². The summed E-state index contributed by atoms with van der Waals surface area (Å²) >= 11 is 19.3. The number of hydrogen-bond donors (Lipinski definition) is 0. The molecule has 4 rings (SSSR count). The van der Waals surface area contributed by atoms with Gasteiger partial charge in [0.1, 0.15) is 33.5 Å². The number of esters is 6. The van der Waals surface area contributed by atoms with E-state index in [4.69, 9.17) is 42.6 Å². The van der Waals surface area contributed by atoms with Crippen LogP contribution < -0.4 is 14.2 Å². The van der Waals surface area contributed by atoms with E-state index in [2.05, 4.69) is 95.6 Å². The monoisotopic (exact) mass is 1340 g/mol. The van der Waals surface area contributed by atoms with Crippen molar-refractivity contribution < 1.29 is 85.8 Å². The lowest BCUT2D eigenvalue weighted by atomic mass is 10.1. The molecule has 24 heteroatoms.